The molecule has 0 unspecified atom stereocenters. The minimum atomic E-state index is -0.105. The third kappa shape index (κ3) is 4.07. The lowest BCUT2D eigenvalue weighted by atomic mass is 9.93. The first-order valence-electron chi connectivity index (χ1n) is 5.34. The highest BCUT2D eigenvalue weighted by molar-refractivity contribution is 5.75. The molecule has 0 saturated heterocycles. The molecule has 82 valence electrons. The van der Waals surface area contributed by atoms with Gasteiger partial charge in [-0.25, -0.2) is 0 Å². The predicted molar refractivity (Wildman–Crippen MR) is 54.9 cm³/mol. The molecule has 1 aliphatic rings. The minimum Gasteiger partial charge on any atom is -0.393 e. The van der Waals surface area contributed by atoms with Crippen molar-refractivity contribution in [3.05, 3.63) is 0 Å². The zero-order valence-electron chi connectivity index (χ0n) is 8.75. The largest absolute Gasteiger partial charge is 0.393 e. The molecule has 0 atom stereocenters. The van der Waals surface area contributed by atoms with Crippen LogP contribution >= 0.6 is 0 Å². The monoisotopic (exact) mass is 200 g/mol. The van der Waals surface area contributed by atoms with E-state index in [1.165, 1.54) is 0 Å². The fourth-order valence-electron chi connectivity index (χ4n) is 1.79. The third-order valence-electron chi connectivity index (χ3n) is 2.76. The lowest BCUT2D eigenvalue weighted by Crippen LogP contribution is -2.36. The van der Waals surface area contributed by atoms with E-state index in [1.807, 2.05) is 0 Å². The Morgan fingerprint density at radius 2 is 2.00 bits per heavy atom. The third-order valence-corrected chi connectivity index (χ3v) is 2.76. The Bertz CT molecular complexity index is 177. The van der Waals surface area contributed by atoms with Gasteiger partial charge in [-0.05, 0) is 25.7 Å². The molecule has 1 amide bonds. The number of aliphatic hydroxyl groups is 1. The van der Waals surface area contributed by atoms with E-state index in [4.69, 9.17) is 0 Å². The van der Waals surface area contributed by atoms with Gasteiger partial charge in [-0.3, -0.25) is 4.79 Å². The van der Waals surface area contributed by atoms with E-state index < -0.39 is 0 Å². The number of rotatable bonds is 4. The first-order chi connectivity index (χ1) is 6.72. The van der Waals surface area contributed by atoms with Crippen LogP contribution in [-0.2, 0) is 4.79 Å². The molecule has 1 rings (SSSR count). The molecule has 1 aliphatic carbocycles. The number of hydrogen-bond acceptors (Lipinski definition) is 3. The molecule has 3 N–H and O–H groups in total. The van der Waals surface area contributed by atoms with Crippen LogP contribution in [0.5, 0.6) is 0 Å². The number of nitrogens with one attached hydrogen (secondary N) is 2. The second kappa shape index (κ2) is 5.98. The van der Waals surface area contributed by atoms with E-state index in [9.17, 15) is 9.90 Å². The Kier molecular flexibility index (Phi) is 4.90. The van der Waals surface area contributed by atoms with Crippen molar-refractivity contribution in [2.45, 2.75) is 44.2 Å². The lowest BCUT2D eigenvalue weighted by molar-refractivity contribution is -0.120. The predicted octanol–water partition coefficient (Wildman–Crippen LogP) is 0.0156. The second-order valence-corrected chi connectivity index (χ2v) is 3.88. The van der Waals surface area contributed by atoms with Crippen molar-refractivity contribution in [1.82, 2.24) is 10.6 Å². The molecule has 14 heavy (non-hydrogen) atoms. The molecule has 1 saturated carbocycles. The maximum Gasteiger partial charge on any atom is 0.221 e. The smallest absolute Gasteiger partial charge is 0.221 e. The highest BCUT2D eigenvalue weighted by atomic mass is 16.3. The van der Waals surface area contributed by atoms with E-state index in [0.717, 1.165) is 32.2 Å². The molecule has 0 aliphatic heterocycles. The van der Waals surface area contributed by atoms with Crippen LogP contribution in [0.1, 0.15) is 32.1 Å². The summed E-state index contributed by atoms with van der Waals surface area (Å²) >= 11 is 0. The summed E-state index contributed by atoms with van der Waals surface area (Å²) in [5, 5.41) is 15.2. The summed E-state index contributed by atoms with van der Waals surface area (Å²) in [7, 11) is 1.65. The molecular formula is C10H20N2O2. The normalized spacial score (nSPS) is 27.3. The van der Waals surface area contributed by atoms with Crippen molar-refractivity contribution in [2.24, 2.45) is 0 Å². The van der Waals surface area contributed by atoms with Crippen molar-refractivity contribution < 1.29 is 9.90 Å². The Labute approximate surface area is 85.1 Å². The Balaban J connectivity index is 2.04. The summed E-state index contributed by atoms with van der Waals surface area (Å²) in [5.74, 6) is 0.0772. The van der Waals surface area contributed by atoms with Gasteiger partial charge in [0.05, 0.1) is 6.10 Å². The molecule has 0 aromatic rings. The summed E-state index contributed by atoms with van der Waals surface area (Å²) in [4.78, 5) is 10.9. The fourth-order valence-corrected chi connectivity index (χ4v) is 1.79. The van der Waals surface area contributed by atoms with Crippen LogP contribution in [0.4, 0.5) is 0 Å². The summed E-state index contributed by atoms with van der Waals surface area (Å²) in [5.41, 5.74) is 0. The van der Waals surface area contributed by atoms with E-state index in [-0.39, 0.29) is 12.0 Å². The average molecular weight is 200 g/mol. The van der Waals surface area contributed by atoms with Gasteiger partial charge in [0.1, 0.15) is 0 Å². The first-order valence-corrected chi connectivity index (χ1v) is 5.34. The number of amides is 1. The quantitative estimate of drug-likeness (QED) is 0.599. The Morgan fingerprint density at radius 1 is 1.36 bits per heavy atom. The second-order valence-electron chi connectivity index (χ2n) is 3.88. The van der Waals surface area contributed by atoms with E-state index in [1.54, 1.807) is 7.05 Å². The molecule has 0 heterocycles. The molecule has 0 radical (unpaired) electrons. The molecule has 0 bridgehead atoms. The highest BCUT2D eigenvalue weighted by Crippen LogP contribution is 2.17. The van der Waals surface area contributed by atoms with Crippen LogP contribution in [0.15, 0.2) is 0 Å². The number of carbonyl (C=O) groups is 1. The van der Waals surface area contributed by atoms with Gasteiger partial charge in [-0.1, -0.05) is 0 Å². The van der Waals surface area contributed by atoms with Gasteiger partial charge >= 0.3 is 0 Å². The van der Waals surface area contributed by atoms with Crippen molar-refractivity contribution in [3.63, 3.8) is 0 Å². The fraction of sp³-hybridized carbons (Fsp3) is 0.900. The van der Waals surface area contributed by atoms with E-state index in [0.29, 0.717) is 12.5 Å². The maximum absolute atomic E-state index is 10.9. The lowest BCUT2D eigenvalue weighted by Gasteiger charge is -2.26. The Hall–Kier alpha value is -0.610. The van der Waals surface area contributed by atoms with Crippen molar-refractivity contribution in [2.75, 3.05) is 13.6 Å². The standard InChI is InChI=1S/C10H20N2O2/c1-11-10(14)6-7-12-8-2-4-9(13)5-3-8/h8-9,12-13H,2-7H2,1H3,(H,11,14). The van der Waals surface area contributed by atoms with Gasteiger partial charge in [0.25, 0.3) is 0 Å². The Morgan fingerprint density at radius 3 is 2.57 bits per heavy atom. The van der Waals surface area contributed by atoms with Gasteiger partial charge in [0.15, 0.2) is 0 Å². The van der Waals surface area contributed by atoms with Gasteiger partial charge in [-0.2, -0.15) is 0 Å². The van der Waals surface area contributed by atoms with Gasteiger partial charge < -0.3 is 15.7 Å². The van der Waals surface area contributed by atoms with Crippen molar-refractivity contribution >= 4 is 5.91 Å². The number of aliphatic hydroxyl groups excluding tert-OH is 1. The molecule has 0 spiro atoms. The minimum absolute atomic E-state index is 0.0772. The zero-order chi connectivity index (χ0) is 10.4. The SMILES string of the molecule is CNC(=O)CCNC1CCC(O)CC1. The number of carbonyl (C=O) groups excluding carboxylic acids is 1. The van der Waals surface area contributed by atoms with Crippen LogP contribution in [0.3, 0.4) is 0 Å². The highest BCUT2D eigenvalue weighted by Gasteiger charge is 2.18. The van der Waals surface area contributed by atoms with Gasteiger partial charge in [0, 0.05) is 26.1 Å². The molecule has 0 aromatic heterocycles. The van der Waals surface area contributed by atoms with Crippen molar-refractivity contribution in [3.8, 4) is 0 Å². The molecule has 0 aromatic carbocycles. The number of hydrogen-bond donors (Lipinski definition) is 3. The molecule has 4 nitrogen and oxygen atoms in total. The van der Waals surface area contributed by atoms with Crippen LogP contribution in [0, 0.1) is 0 Å². The summed E-state index contributed by atoms with van der Waals surface area (Å²) < 4.78 is 0. The maximum atomic E-state index is 10.9. The zero-order valence-corrected chi connectivity index (χ0v) is 8.75. The average Bonchev–Trinajstić information content (AvgIpc) is 2.21. The van der Waals surface area contributed by atoms with Crippen LogP contribution in [-0.4, -0.2) is 36.8 Å². The van der Waals surface area contributed by atoms with Crippen LogP contribution in [0.25, 0.3) is 0 Å². The van der Waals surface area contributed by atoms with Crippen molar-refractivity contribution in [1.29, 1.82) is 0 Å². The van der Waals surface area contributed by atoms with Crippen LogP contribution < -0.4 is 10.6 Å². The molecule has 4 heteroatoms. The first kappa shape index (κ1) is 11.5. The van der Waals surface area contributed by atoms with E-state index in [2.05, 4.69) is 10.6 Å². The summed E-state index contributed by atoms with van der Waals surface area (Å²) in [6.45, 7) is 0.737. The molecule has 1 fully saturated rings. The van der Waals surface area contributed by atoms with E-state index >= 15 is 0 Å². The van der Waals surface area contributed by atoms with Crippen LogP contribution in [0.2, 0.25) is 0 Å². The topological polar surface area (TPSA) is 61.4 Å². The summed E-state index contributed by atoms with van der Waals surface area (Å²) in [6, 6.07) is 0.489. The summed E-state index contributed by atoms with van der Waals surface area (Å²) in [6.07, 6.45) is 4.25. The van der Waals surface area contributed by atoms with Gasteiger partial charge in [-0.15, -0.1) is 0 Å². The molecular weight excluding hydrogens is 180 g/mol. The van der Waals surface area contributed by atoms with Gasteiger partial charge in [0.2, 0.25) is 5.91 Å².